The standard InChI is InChI=1S/C23H18F2N4O2/c1-29-19-10-6-5-9-16(19)20(14-7-3-2-4-8-14)27-21(22(29)30)28-23(31)26-18-12-11-15(24)13-17(18)25/h2-13,21H,1H3,(H2,26,28,31). The molecule has 0 fully saturated rings. The molecule has 4 rings (SSSR count). The van der Waals surface area contributed by atoms with Gasteiger partial charge < -0.3 is 15.5 Å². The molecule has 0 spiro atoms. The molecule has 156 valence electrons. The first-order valence-electron chi connectivity index (χ1n) is 9.47. The molecule has 3 aromatic rings. The van der Waals surface area contributed by atoms with Crippen molar-refractivity contribution in [2.75, 3.05) is 17.3 Å². The summed E-state index contributed by atoms with van der Waals surface area (Å²) in [4.78, 5) is 31.5. The number of anilines is 2. The molecule has 0 aliphatic carbocycles. The number of benzene rings is 3. The number of amides is 3. The van der Waals surface area contributed by atoms with Crippen LogP contribution in [0.4, 0.5) is 25.0 Å². The molecule has 3 amide bonds. The van der Waals surface area contributed by atoms with Crippen LogP contribution < -0.4 is 15.5 Å². The van der Waals surface area contributed by atoms with Gasteiger partial charge in [-0.1, -0.05) is 48.5 Å². The number of nitrogens with one attached hydrogen (secondary N) is 2. The van der Waals surface area contributed by atoms with Gasteiger partial charge in [-0.15, -0.1) is 0 Å². The number of rotatable bonds is 3. The summed E-state index contributed by atoms with van der Waals surface area (Å²) in [6.07, 6.45) is -1.25. The monoisotopic (exact) mass is 420 g/mol. The highest BCUT2D eigenvalue weighted by atomic mass is 19.1. The molecule has 8 heteroatoms. The largest absolute Gasteiger partial charge is 0.321 e. The van der Waals surface area contributed by atoms with Crippen molar-refractivity contribution >= 4 is 29.0 Å². The van der Waals surface area contributed by atoms with Gasteiger partial charge in [-0.25, -0.2) is 18.6 Å². The van der Waals surface area contributed by atoms with Gasteiger partial charge in [0.1, 0.15) is 11.6 Å². The molecular formula is C23H18F2N4O2. The fraction of sp³-hybridized carbons (Fsp3) is 0.0870. The molecule has 0 aromatic heterocycles. The topological polar surface area (TPSA) is 73.8 Å². The fourth-order valence-electron chi connectivity index (χ4n) is 3.32. The molecule has 0 saturated heterocycles. The van der Waals surface area contributed by atoms with Crippen molar-refractivity contribution in [1.29, 1.82) is 0 Å². The van der Waals surface area contributed by atoms with E-state index in [1.54, 1.807) is 13.1 Å². The third-order valence-electron chi connectivity index (χ3n) is 4.84. The number of hydrogen-bond acceptors (Lipinski definition) is 3. The number of hydrogen-bond donors (Lipinski definition) is 2. The van der Waals surface area contributed by atoms with Crippen LogP contribution in [0.15, 0.2) is 77.8 Å². The summed E-state index contributed by atoms with van der Waals surface area (Å²) in [6, 6.07) is 18.5. The van der Waals surface area contributed by atoms with Gasteiger partial charge in [0.25, 0.3) is 5.91 Å². The predicted molar refractivity (Wildman–Crippen MR) is 114 cm³/mol. The van der Waals surface area contributed by atoms with E-state index in [9.17, 15) is 18.4 Å². The minimum Gasteiger partial charge on any atom is -0.311 e. The molecule has 1 aliphatic rings. The SMILES string of the molecule is CN1C(=O)C(NC(=O)Nc2ccc(F)cc2F)N=C(c2ccccc2)c2ccccc21. The lowest BCUT2D eigenvalue weighted by Gasteiger charge is -2.21. The van der Waals surface area contributed by atoms with Gasteiger partial charge in [-0.3, -0.25) is 4.79 Å². The highest BCUT2D eigenvalue weighted by Gasteiger charge is 2.31. The second-order valence-electron chi connectivity index (χ2n) is 6.88. The first-order valence-corrected chi connectivity index (χ1v) is 9.47. The number of halogens is 2. The predicted octanol–water partition coefficient (Wildman–Crippen LogP) is 3.93. The van der Waals surface area contributed by atoms with Crippen molar-refractivity contribution in [1.82, 2.24) is 5.32 Å². The molecule has 0 bridgehead atoms. The average molecular weight is 420 g/mol. The second kappa shape index (κ2) is 8.35. The van der Waals surface area contributed by atoms with Crippen LogP contribution in [0.25, 0.3) is 0 Å². The molecular weight excluding hydrogens is 402 g/mol. The fourth-order valence-corrected chi connectivity index (χ4v) is 3.32. The summed E-state index contributed by atoms with van der Waals surface area (Å²) in [6.45, 7) is 0. The van der Waals surface area contributed by atoms with Crippen LogP contribution >= 0.6 is 0 Å². The Kier molecular flexibility index (Phi) is 5.44. The molecule has 6 nitrogen and oxygen atoms in total. The first-order chi connectivity index (χ1) is 14.9. The number of fused-ring (bicyclic) bond motifs is 1. The number of para-hydroxylation sites is 1. The number of nitrogens with zero attached hydrogens (tertiary/aromatic N) is 2. The number of carbonyl (C=O) groups excluding carboxylic acids is 2. The normalized spacial score (nSPS) is 15.6. The number of urea groups is 1. The van der Waals surface area contributed by atoms with E-state index >= 15 is 0 Å². The summed E-state index contributed by atoms with van der Waals surface area (Å²) in [5, 5.41) is 4.76. The van der Waals surface area contributed by atoms with E-state index in [0.717, 1.165) is 23.3 Å². The van der Waals surface area contributed by atoms with E-state index in [1.807, 2.05) is 48.5 Å². The Morgan fingerprint density at radius 2 is 1.71 bits per heavy atom. The Labute approximate surface area is 177 Å². The van der Waals surface area contributed by atoms with E-state index in [-0.39, 0.29) is 5.69 Å². The second-order valence-corrected chi connectivity index (χ2v) is 6.88. The number of aliphatic imine (C=N–C) groups is 1. The van der Waals surface area contributed by atoms with Crippen LogP contribution in [0.3, 0.4) is 0 Å². The number of benzodiazepines with no additional fused rings is 1. The van der Waals surface area contributed by atoms with Crippen molar-refractivity contribution in [2.24, 2.45) is 4.99 Å². The lowest BCUT2D eigenvalue weighted by atomic mass is 10.0. The van der Waals surface area contributed by atoms with Crippen LogP contribution in [-0.2, 0) is 4.79 Å². The zero-order chi connectivity index (χ0) is 22.0. The Balaban J connectivity index is 1.68. The molecule has 0 radical (unpaired) electrons. The highest BCUT2D eigenvalue weighted by molar-refractivity contribution is 6.20. The van der Waals surface area contributed by atoms with Gasteiger partial charge in [0.15, 0.2) is 0 Å². The maximum atomic E-state index is 13.9. The molecule has 3 aromatic carbocycles. The maximum Gasteiger partial charge on any atom is 0.321 e. The Morgan fingerprint density at radius 3 is 2.45 bits per heavy atom. The quantitative estimate of drug-likeness (QED) is 0.674. The summed E-state index contributed by atoms with van der Waals surface area (Å²) < 4.78 is 27.0. The summed E-state index contributed by atoms with van der Waals surface area (Å²) in [5.41, 5.74) is 2.47. The van der Waals surface area contributed by atoms with Crippen molar-refractivity contribution in [3.63, 3.8) is 0 Å². The molecule has 0 saturated carbocycles. The molecule has 1 atom stereocenters. The Hall–Kier alpha value is -4.07. The Bertz CT molecular complexity index is 1180. The summed E-state index contributed by atoms with van der Waals surface area (Å²) >= 11 is 0. The van der Waals surface area contributed by atoms with E-state index in [1.165, 1.54) is 4.90 Å². The van der Waals surface area contributed by atoms with Crippen LogP contribution in [0.5, 0.6) is 0 Å². The summed E-state index contributed by atoms with van der Waals surface area (Å²) in [7, 11) is 1.59. The zero-order valence-corrected chi connectivity index (χ0v) is 16.5. The van der Waals surface area contributed by atoms with Gasteiger partial charge in [0.2, 0.25) is 6.17 Å². The van der Waals surface area contributed by atoms with Crippen molar-refractivity contribution < 1.29 is 18.4 Å². The van der Waals surface area contributed by atoms with Gasteiger partial charge >= 0.3 is 6.03 Å². The maximum absolute atomic E-state index is 13.9. The minimum atomic E-state index is -1.25. The zero-order valence-electron chi connectivity index (χ0n) is 16.5. The van der Waals surface area contributed by atoms with Crippen molar-refractivity contribution in [3.8, 4) is 0 Å². The lowest BCUT2D eigenvalue weighted by Crippen LogP contribution is -2.47. The number of carbonyl (C=O) groups is 2. The van der Waals surface area contributed by atoms with Gasteiger partial charge in [0, 0.05) is 24.2 Å². The van der Waals surface area contributed by atoms with Gasteiger partial charge in [-0.2, -0.15) is 0 Å². The van der Waals surface area contributed by atoms with E-state index < -0.39 is 29.7 Å². The lowest BCUT2D eigenvalue weighted by molar-refractivity contribution is -0.119. The third kappa shape index (κ3) is 4.13. The van der Waals surface area contributed by atoms with Crippen molar-refractivity contribution in [3.05, 3.63) is 95.6 Å². The van der Waals surface area contributed by atoms with Gasteiger partial charge in [-0.05, 0) is 18.2 Å². The Morgan fingerprint density at radius 1 is 1.00 bits per heavy atom. The number of likely N-dealkylation sites (N-methyl/N-ethyl adjacent to an activating group) is 1. The van der Waals surface area contributed by atoms with Crippen LogP contribution in [0.1, 0.15) is 11.1 Å². The third-order valence-corrected chi connectivity index (χ3v) is 4.84. The van der Waals surface area contributed by atoms with Crippen LogP contribution in [0, 0.1) is 11.6 Å². The van der Waals surface area contributed by atoms with Gasteiger partial charge in [0.05, 0.1) is 17.1 Å². The smallest absolute Gasteiger partial charge is 0.311 e. The van der Waals surface area contributed by atoms with E-state index in [4.69, 9.17) is 0 Å². The molecule has 2 N–H and O–H groups in total. The highest BCUT2D eigenvalue weighted by Crippen LogP contribution is 2.27. The van der Waals surface area contributed by atoms with Crippen LogP contribution in [0.2, 0.25) is 0 Å². The van der Waals surface area contributed by atoms with Crippen LogP contribution in [-0.4, -0.2) is 30.9 Å². The summed E-state index contributed by atoms with van der Waals surface area (Å²) in [5.74, 6) is -2.16. The van der Waals surface area contributed by atoms with E-state index in [0.29, 0.717) is 17.5 Å². The molecule has 1 unspecified atom stereocenters. The van der Waals surface area contributed by atoms with E-state index in [2.05, 4.69) is 15.6 Å². The average Bonchev–Trinajstić information content (AvgIpc) is 2.87. The van der Waals surface area contributed by atoms with Crippen molar-refractivity contribution in [2.45, 2.75) is 6.17 Å². The molecule has 31 heavy (non-hydrogen) atoms. The minimum absolute atomic E-state index is 0.219. The molecule has 1 heterocycles. The first kappa shape index (κ1) is 20.2. The molecule has 1 aliphatic heterocycles.